The van der Waals surface area contributed by atoms with E-state index in [1.165, 1.54) is 17.1 Å². The molecule has 0 spiro atoms. The number of ether oxygens (including phenoxy) is 1. The third-order valence-corrected chi connectivity index (χ3v) is 7.11. The minimum Gasteiger partial charge on any atom is -0.464 e. The molecular weight excluding hydrogens is 485 g/mol. The van der Waals surface area contributed by atoms with Crippen molar-refractivity contribution in [3.63, 3.8) is 0 Å². The van der Waals surface area contributed by atoms with Crippen molar-refractivity contribution >= 4 is 23.5 Å². The van der Waals surface area contributed by atoms with Crippen LogP contribution in [0.2, 0.25) is 0 Å². The van der Waals surface area contributed by atoms with E-state index in [9.17, 15) is 31.5 Å². The molecule has 12 heteroatoms. The van der Waals surface area contributed by atoms with Crippen LogP contribution in [-0.2, 0) is 14.3 Å². The number of primary amides is 1. The fourth-order valence-corrected chi connectivity index (χ4v) is 5.33. The van der Waals surface area contributed by atoms with Gasteiger partial charge in [0.25, 0.3) is 0 Å². The Labute approximate surface area is 198 Å². The number of rotatable bonds is 6. The quantitative estimate of drug-likeness (QED) is 0.247. The molecule has 1 amide bonds. The topological polar surface area (TPSA) is 75.9 Å². The van der Waals surface area contributed by atoms with Crippen LogP contribution in [0.5, 0.6) is 0 Å². The molecule has 0 aromatic rings. The summed E-state index contributed by atoms with van der Waals surface area (Å²) in [5.74, 6) is -5.03. The maximum Gasteiger partial charge on any atom is 0.433 e. The maximum atomic E-state index is 14.6. The number of hydrogen-bond donors (Lipinski definition) is 1. The summed E-state index contributed by atoms with van der Waals surface area (Å²) in [4.78, 5) is 26.8. The third-order valence-electron chi connectivity index (χ3n) is 6.79. The van der Waals surface area contributed by atoms with E-state index in [2.05, 4.69) is 0 Å². The van der Waals surface area contributed by atoms with Crippen LogP contribution in [0.3, 0.4) is 0 Å². The van der Waals surface area contributed by atoms with Crippen LogP contribution < -0.4 is 5.73 Å². The third kappa shape index (κ3) is 4.27. The van der Waals surface area contributed by atoms with E-state index >= 15 is 0 Å². The lowest BCUT2D eigenvalue weighted by Crippen LogP contribution is -2.47. The van der Waals surface area contributed by atoms with Crippen molar-refractivity contribution in [2.45, 2.75) is 75.0 Å². The zero-order valence-electron chi connectivity index (χ0n) is 18.4. The molecule has 188 valence electrons. The van der Waals surface area contributed by atoms with Crippen LogP contribution in [0.4, 0.5) is 22.0 Å². The Bertz CT molecular complexity index is 977. The van der Waals surface area contributed by atoms with Gasteiger partial charge in [0.2, 0.25) is 11.8 Å². The van der Waals surface area contributed by atoms with E-state index in [-0.39, 0.29) is 55.8 Å². The van der Waals surface area contributed by atoms with Gasteiger partial charge < -0.3 is 20.3 Å². The Balaban J connectivity index is 1.82. The van der Waals surface area contributed by atoms with Gasteiger partial charge in [-0.05, 0) is 57.1 Å². The summed E-state index contributed by atoms with van der Waals surface area (Å²) < 4.78 is 76.2. The number of allylic oxidation sites excluding steroid dienone is 2. The van der Waals surface area contributed by atoms with Gasteiger partial charge in [-0.15, -0.1) is 0 Å². The van der Waals surface area contributed by atoms with E-state index in [1.807, 2.05) is 0 Å². The first kappa shape index (κ1) is 24.8. The number of halogens is 6. The van der Waals surface area contributed by atoms with E-state index in [0.29, 0.717) is 0 Å². The second kappa shape index (κ2) is 8.42. The summed E-state index contributed by atoms with van der Waals surface area (Å²) in [7, 11) is 0. The second-order valence-electron chi connectivity index (χ2n) is 9.12. The first-order valence-corrected chi connectivity index (χ1v) is 11.6. The largest absolute Gasteiger partial charge is 0.464 e. The number of esters is 1. The van der Waals surface area contributed by atoms with Crippen LogP contribution >= 0.6 is 11.6 Å². The van der Waals surface area contributed by atoms with Crippen molar-refractivity contribution in [3.05, 3.63) is 34.9 Å². The molecule has 2 aliphatic heterocycles. The van der Waals surface area contributed by atoms with Gasteiger partial charge in [-0.3, -0.25) is 4.79 Å². The van der Waals surface area contributed by atoms with Crippen molar-refractivity contribution in [1.29, 1.82) is 0 Å². The number of nitrogens with two attached hydrogens (primary N) is 1. The highest BCUT2D eigenvalue weighted by atomic mass is 35.5. The van der Waals surface area contributed by atoms with Crippen LogP contribution in [0, 0.1) is 5.92 Å². The minimum atomic E-state index is -4.89. The van der Waals surface area contributed by atoms with Crippen LogP contribution in [-0.4, -0.2) is 51.4 Å². The van der Waals surface area contributed by atoms with Gasteiger partial charge >= 0.3 is 12.1 Å². The Morgan fingerprint density at radius 3 is 2.32 bits per heavy atom. The van der Waals surface area contributed by atoms with Gasteiger partial charge in [0.1, 0.15) is 22.6 Å². The Morgan fingerprint density at radius 2 is 1.82 bits per heavy atom. The highest BCUT2D eigenvalue weighted by Gasteiger charge is 2.65. The van der Waals surface area contributed by atoms with Gasteiger partial charge in [-0.2, -0.15) is 13.2 Å². The zero-order valence-corrected chi connectivity index (χ0v) is 19.2. The van der Waals surface area contributed by atoms with Gasteiger partial charge in [0.15, 0.2) is 0 Å². The standard InChI is InChI=1S/C22H25ClF5N3O3/c1-2-34-19(33)20(7-8-20)31-16-11-13(18(29)32)10-15(23)30(16)14(17(31)22(26,27)28)9-12-3-5-21(24,25)6-4-12/h10-12,15H,2-9H2,1H3,(H2,29,32). The van der Waals surface area contributed by atoms with E-state index in [4.69, 9.17) is 22.1 Å². The molecule has 0 radical (unpaired) electrons. The average molecular weight is 510 g/mol. The molecule has 0 bridgehead atoms. The molecule has 2 fully saturated rings. The number of fused-ring (bicyclic) bond motifs is 1. The molecule has 1 unspecified atom stereocenters. The van der Waals surface area contributed by atoms with Crippen molar-refractivity contribution in [2.75, 3.05) is 6.61 Å². The Kier molecular flexibility index (Phi) is 6.15. The number of carbonyl (C=O) groups excluding carboxylic acids is 2. The number of carbonyl (C=O) groups is 2. The molecule has 2 N–H and O–H groups in total. The highest BCUT2D eigenvalue weighted by Crippen LogP contribution is 2.57. The number of alkyl halides is 6. The lowest BCUT2D eigenvalue weighted by Gasteiger charge is -2.36. The molecule has 0 saturated heterocycles. The molecule has 0 aromatic heterocycles. The smallest absolute Gasteiger partial charge is 0.433 e. The lowest BCUT2D eigenvalue weighted by molar-refractivity contribution is -0.153. The van der Waals surface area contributed by atoms with Gasteiger partial charge in [0, 0.05) is 18.4 Å². The molecule has 0 aromatic carbocycles. The van der Waals surface area contributed by atoms with E-state index < -0.39 is 59.5 Å². The zero-order chi connectivity index (χ0) is 25.1. The first-order chi connectivity index (χ1) is 15.8. The summed E-state index contributed by atoms with van der Waals surface area (Å²) in [5, 5.41) is 0. The molecule has 4 rings (SSSR count). The van der Waals surface area contributed by atoms with Crippen LogP contribution in [0.15, 0.2) is 34.9 Å². The molecule has 6 nitrogen and oxygen atoms in total. The summed E-state index contributed by atoms with van der Waals surface area (Å²) in [6.45, 7) is 1.54. The van der Waals surface area contributed by atoms with Crippen molar-refractivity contribution in [2.24, 2.45) is 11.7 Å². The maximum absolute atomic E-state index is 14.6. The normalized spacial score (nSPS) is 26.1. The monoisotopic (exact) mass is 509 g/mol. The molecule has 1 atom stereocenters. The van der Waals surface area contributed by atoms with Gasteiger partial charge in [-0.25, -0.2) is 13.6 Å². The average Bonchev–Trinajstić information content (AvgIpc) is 3.46. The molecule has 2 heterocycles. The van der Waals surface area contributed by atoms with Crippen molar-refractivity contribution in [3.8, 4) is 0 Å². The van der Waals surface area contributed by atoms with Crippen molar-refractivity contribution < 1.29 is 36.3 Å². The van der Waals surface area contributed by atoms with E-state index in [1.54, 1.807) is 6.92 Å². The predicted molar refractivity (Wildman–Crippen MR) is 112 cm³/mol. The van der Waals surface area contributed by atoms with Crippen LogP contribution in [0.1, 0.15) is 51.9 Å². The Hall–Kier alpha value is -2.30. The Morgan fingerprint density at radius 1 is 1.21 bits per heavy atom. The fraction of sp³-hybridized carbons (Fsp3) is 0.636. The summed E-state index contributed by atoms with van der Waals surface area (Å²) in [6, 6.07) is 0. The molecule has 4 aliphatic rings. The SMILES string of the molecule is CCOC(=O)C1(N2C3=CC(C(N)=O)=CC(Cl)N3C(CC3CCC(F)(F)CC3)=C2C(F)(F)F)CC1. The summed E-state index contributed by atoms with van der Waals surface area (Å²) in [5.41, 5.74) is 1.22. The van der Waals surface area contributed by atoms with E-state index in [0.717, 1.165) is 4.90 Å². The molecule has 2 saturated carbocycles. The number of nitrogens with zero attached hydrogens (tertiary/aromatic N) is 2. The van der Waals surface area contributed by atoms with Gasteiger partial charge in [0.05, 0.1) is 12.3 Å². The predicted octanol–water partition coefficient (Wildman–Crippen LogP) is 4.52. The van der Waals surface area contributed by atoms with Crippen molar-refractivity contribution in [1.82, 2.24) is 9.80 Å². The lowest BCUT2D eigenvalue weighted by atomic mass is 9.83. The molecule has 2 aliphatic carbocycles. The summed E-state index contributed by atoms with van der Waals surface area (Å²) >= 11 is 6.44. The number of amides is 1. The summed E-state index contributed by atoms with van der Waals surface area (Å²) in [6.07, 6.45) is -3.07. The second-order valence-corrected chi connectivity index (χ2v) is 9.56. The fourth-order valence-electron chi connectivity index (χ4n) is 4.98. The minimum absolute atomic E-state index is 0.0179. The number of hydrogen-bond acceptors (Lipinski definition) is 5. The van der Waals surface area contributed by atoms with Gasteiger partial charge in [-0.1, -0.05) is 11.6 Å². The molecule has 34 heavy (non-hydrogen) atoms. The van der Waals surface area contributed by atoms with Crippen LogP contribution in [0.25, 0.3) is 0 Å². The highest BCUT2D eigenvalue weighted by molar-refractivity contribution is 6.22. The first-order valence-electron chi connectivity index (χ1n) is 11.1. The molecular formula is C22H25ClF5N3O3.